The third-order valence-corrected chi connectivity index (χ3v) is 3.65. The van der Waals surface area contributed by atoms with Crippen molar-refractivity contribution < 1.29 is 9.13 Å². The topological polar surface area (TPSA) is 21.3 Å². The first-order chi connectivity index (χ1) is 8.56. The van der Waals surface area contributed by atoms with Gasteiger partial charge in [-0.3, -0.25) is 0 Å². The second kappa shape index (κ2) is 6.13. The number of rotatable bonds is 3. The minimum absolute atomic E-state index is 0.179. The highest BCUT2D eigenvalue weighted by atomic mass is 79.9. The summed E-state index contributed by atoms with van der Waals surface area (Å²) < 4.78 is 20.3. The molecule has 2 atom stereocenters. The zero-order chi connectivity index (χ0) is 13.1. The van der Waals surface area contributed by atoms with Crippen molar-refractivity contribution in [1.82, 2.24) is 5.32 Å². The maximum absolute atomic E-state index is 13.8. The van der Waals surface area contributed by atoms with E-state index in [2.05, 4.69) is 35.1 Å². The number of nitrogens with one attached hydrogen (secondary N) is 1. The Bertz CT molecular complexity index is 403. The van der Waals surface area contributed by atoms with Gasteiger partial charge in [-0.25, -0.2) is 4.39 Å². The first kappa shape index (κ1) is 14.0. The average Bonchev–Trinajstić information content (AvgIpc) is 2.30. The van der Waals surface area contributed by atoms with Gasteiger partial charge in [0.25, 0.3) is 0 Å². The van der Waals surface area contributed by atoms with Gasteiger partial charge in [0.05, 0.1) is 12.7 Å². The third kappa shape index (κ3) is 3.53. The molecule has 0 aromatic heterocycles. The number of benzene rings is 1. The summed E-state index contributed by atoms with van der Waals surface area (Å²) in [5.74, 6) is 0.436. The van der Waals surface area contributed by atoms with Crippen LogP contribution in [-0.2, 0) is 4.74 Å². The second-order valence-corrected chi connectivity index (χ2v) is 6.14. The predicted molar refractivity (Wildman–Crippen MR) is 74.0 cm³/mol. The Balaban J connectivity index is 1.97. The Labute approximate surface area is 116 Å². The van der Waals surface area contributed by atoms with Crippen LogP contribution in [0.15, 0.2) is 22.7 Å². The standard InChI is InChI=1S/C14H19BrFNO/c1-9(2)5-11-8-18-14(7-17-11)12-4-3-10(15)6-13(12)16/h3-4,6,9,11,14,17H,5,7-8H2,1-2H3. The fourth-order valence-corrected chi connectivity index (χ4v) is 2.64. The molecule has 0 saturated carbocycles. The first-order valence-electron chi connectivity index (χ1n) is 6.36. The van der Waals surface area contributed by atoms with Crippen molar-refractivity contribution >= 4 is 15.9 Å². The van der Waals surface area contributed by atoms with E-state index in [0.717, 1.165) is 10.9 Å². The van der Waals surface area contributed by atoms with E-state index in [4.69, 9.17) is 4.74 Å². The Morgan fingerprint density at radius 1 is 1.50 bits per heavy atom. The summed E-state index contributed by atoms with van der Waals surface area (Å²) in [5.41, 5.74) is 0.633. The van der Waals surface area contributed by atoms with E-state index in [9.17, 15) is 4.39 Å². The van der Waals surface area contributed by atoms with Crippen LogP contribution in [0.5, 0.6) is 0 Å². The van der Waals surface area contributed by atoms with Gasteiger partial charge >= 0.3 is 0 Å². The van der Waals surface area contributed by atoms with Gasteiger partial charge in [0.2, 0.25) is 0 Å². The summed E-state index contributed by atoms with van der Waals surface area (Å²) in [6.07, 6.45) is 0.914. The van der Waals surface area contributed by atoms with Crippen LogP contribution in [0.25, 0.3) is 0 Å². The molecule has 1 fully saturated rings. The third-order valence-electron chi connectivity index (χ3n) is 3.16. The zero-order valence-corrected chi connectivity index (χ0v) is 12.3. The highest BCUT2D eigenvalue weighted by molar-refractivity contribution is 9.10. The van der Waals surface area contributed by atoms with Gasteiger partial charge in [-0.05, 0) is 24.5 Å². The summed E-state index contributed by atoms with van der Waals surface area (Å²) in [5, 5.41) is 3.44. The number of hydrogen-bond donors (Lipinski definition) is 1. The van der Waals surface area contributed by atoms with Crippen molar-refractivity contribution in [3.63, 3.8) is 0 Å². The fraction of sp³-hybridized carbons (Fsp3) is 0.571. The molecule has 1 aromatic carbocycles. The molecule has 0 aliphatic carbocycles. The highest BCUT2D eigenvalue weighted by Crippen LogP contribution is 2.26. The van der Waals surface area contributed by atoms with Crippen molar-refractivity contribution in [3.05, 3.63) is 34.1 Å². The quantitative estimate of drug-likeness (QED) is 0.919. The van der Waals surface area contributed by atoms with E-state index >= 15 is 0 Å². The molecule has 1 aliphatic rings. The fourth-order valence-electron chi connectivity index (χ4n) is 2.31. The summed E-state index contributed by atoms with van der Waals surface area (Å²) >= 11 is 3.26. The van der Waals surface area contributed by atoms with Crippen LogP contribution in [0.1, 0.15) is 31.9 Å². The van der Waals surface area contributed by atoms with E-state index in [1.165, 1.54) is 6.07 Å². The van der Waals surface area contributed by atoms with E-state index in [-0.39, 0.29) is 11.9 Å². The molecular formula is C14H19BrFNO. The monoisotopic (exact) mass is 315 g/mol. The van der Waals surface area contributed by atoms with Crippen molar-refractivity contribution in [2.75, 3.05) is 13.2 Å². The van der Waals surface area contributed by atoms with Crippen molar-refractivity contribution in [1.29, 1.82) is 0 Å². The second-order valence-electron chi connectivity index (χ2n) is 5.22. The average molecular weight is 316 g/mol. The van der Waals surface area contributed by atoms with Crippen LogP contribution in [-0.4, -0.2) is 19.2 Å². The lowest BCUT2D eigenvalue weighted by Gasteiger charge is -2.31. The molecule has 18 heavy (non-hydrogen) atoms. The van der Waals surface area contributed by atoms with E-state index < -0.39 is 0 Å². The SMILES string of the molecule is CC(C)CC1COC(c2ccc(Br)cc2F)CN1. The van der Waals surface area contributed by atoms with Crippen LogP contribution < -0.4 is 5.32 Å². The number of ether oxygens (including phenoxy) is 1. The van der Waals surface area contributed by atoms with Gasteiger partial charge in [-0.2, -0.15) is 0 Å². The lowest BCUT2D eigenvalue weighted by molar-refractivity contribution is -0.00312. The normalized spacial score (nSPS) is 24.5. The van der Waals surface area contributed by atoms with E-state index in [0.29, 0.717) is 30.7 Å². The minimum atomic E-state index is -0.210. The summed E-state index contributed by atoms with van der Waals surface area (Å²) in [6, 6.07) is 5.51. The maximum atomic E-state index is 13.8. The number of hydrogen-bond acceptors (Lipinski definition) is 2. The smallest absolute Gasteiger partial charge is 0.130 e. The molecule has 1 aliphatic heterocycles. The molecule has 1 aromatic rings. The molecule has 2 unspecified atom stereocenters. The van der Waals surface area contributed by atoms with Crippen molar-refractivity contribution in [3.8, 4) is 0 Å². The lowest BCUT2D eigenvalue weighted by atomic mass is 10.0. The Morgan fingerprint density at radius 2 is 2.28 bits per heavy atom. The van der Waals surface area contributed by atoms with Crippen LogP contribution in [0.4, 0.5) is 4.39 Å². The number of halogens is 2. The maximum Gasteiger partial charge on any atom is 0.130 e. The Hall–Kier alpha value is -0.450. The molecule has 2 rings (SSSR count). The summed E-state index contributed by atoms with van der Waals surface area (Å²) in [7, 11) is 0. The first-order valence-corrected chi connectivity index (χ1v) is 7.15. The molecule has 0 amide bonds. The van der Waals surface area contributed by atoms with Crippen molar-refractivity contribution in [2.24, 2.45) is 5.92 Å². The Kier molecular flexibility index (Phi) is 4.76. The highest BCUT2D eigenvalue weighted by Gasteiger charge is 2.24. The molecule has 100 valence electrons. The predicted octanol–water partition coefficient (Wildman–Crippen LogP) is 3.66. The van der Waals surface area contributed by atoms with Gasteiger partial charge in [0.1, 0.15) is 5.82 Å². The van der Waals surface area contributed by atoms with E-state index in [1.54, 1.807) is 6.07 Å². The molecule has 0 radical (unpaired) electrons. The summed E-state index contributed by atoms with van der Waals surface area (Å²) in [6.45, 7) is 5.72. The zero-order valence-electron chi connectivity index (χ0n) is 10.7. The molecule has 4 heteroatoms. The van der Waals surface area contributed by atoms with Crippen LogP contribution >= 0.6 is 15.9 Å². The van der Waals surface area contributed by atoms with Gasteiger partial charge < -0.3 is 10.1 Å². The lowest BCUT2D eigenvalue weighted by Crippen LogP contribution is -2.43. The minimum Gasteiger partial charge on any atom is -0.370 e. The van der Waals surface area contributed by atoms with Gasteiger partial charge in [-0.15, -0.1) is 0 Å². The molecule has 0 bridgehead atoms. The van der Waals surface area contributed by atoms with Gasteiger partial charge in [-0.1, -0.05) is 35.8 Å². The van der Waals surface area contributed by atoms with Crippen molar-refractivity contribution in [2.45, 2.75) is 32.4 Å². The molecular weight excluding hydrogens is 297 g/mol. The Morgan fingerprint density at radius 3 is 2.83 bits per heavy atom. The van der Waals surface area contributed by atoms with E-state index in [1.807, 2.05) is 6.07 Å². The molecule has 2 nitrogen and oxygen atoms in total. The van der Waals surface area contributed by atoms with Gasteiger partial charge in [0.15, 0.2) is 0 Å². The summed E-state index contributed by atoms with van der Waals surface area (Å²) in [4.78, 5) is 0. The molecule has 1 saturated heterocycles. The molecule has 1 heterocycles. The van der Waals surface area contributed by atoms with Crippen LogP contribution in [0.3, 0.4) is 0 Å². The largest absolute Gasteiger partial charge is 0.370 e. The van der Waals surface area contributed by atoms with Crippen LogP contribution in [0.2, 0.25) is 0 Å². The number of morpholine rings is 1. The van der Waals surface area contributed by atoms with Gasteiger partial charge in [0, 0.05) is 22.6 Å². The molecule has 0 spiro atoms. The van der Waals surface area contributed by atoms with Crippen LogP contribution in [0, 0.1) is 11.7 Å². The molecule has 1 N–H and O–H groups in total.